The van der Waals surface area contributed by atoms with Gasteiger partial charge in [0.25, 0.3) is 11.8 Å². The Morgan fingerprint density at radius 2 is 2.31 bits per heavy atom. The quantitative estimate of drug-likeness (QED) is 0.0949. The number of anilines is 1. The van der Waals surface area contributed by atoms with Gasteiger partial charge in [0.2, 0.25) is 0 Å². The van der Waals surface area contributed by atoms with Gasteiger partial charge >= 0.3 is 29.6 Å². The van der Waals surface area contributed by atoms with Crippen LogP contribution in [0.2, 0.25) is 0 Å². The monoisotopic (exact) mass is 461 g/mol. The smallest absolute Gasteiger partial charge is 0.543 e. The molecule has 1 saturated heterocycles. The van der Waals surface area contributed by atoms with Crippen LogP contribution < -0.4 is 45.7 Å². The number of terminal acetylenes is 1. The maximum absolute atomic E-state index is 12.5. The number of aromatic nitrogens is 1. The van der Waals surface area contributed by atoms with Crippen LogP contribution in [0.3, 0.4) is 0 Å². The zero-order valence-electron chi connectivity index (χ0n) is 14.9. The fourth-order valence-corrected chi connectivity index (χ4v) is 5.49. The third-order valence-electron chi connectivity index (χ3n) is 3.82. The van der Waals surface area contributed by atoms with Gasteiger partial charge in [-0.2, -0.15) is 0 Å². The van der Waals surface area contributed by atoms with Crippen LogP contribution in [-0.4, -0.2) is 61.5 Å². The Hall–Kier alpha value is -1.69. The van der Waals surface area contributed by atoms with Crippen molar-refractivity contribution in [1.29, 1.82) is 0 Å². The van der Waals surface area contributed by atoms with Gasteiger partial charge in [-0.15, -0.1) is 41.3 Å². The number of nitrogen functional groups attached to an aromatic ring is 1. The number of oxime groups is 1. The summed E-state index contributed by atoms with van der Waals surface area (Å²) in [5, 5.41) is 27.0. The molecule has 2 amide bonds. The molecule has 2 aliphatic heterocycles. The van der Waals surface area contributed by atoms with Crippen LogP contribution in [0.4, 0.5) is 5.13 Å². The second-order valence-corrected chi connectivity index (χ2v) is 8.50. The molecule has 14 heteroatoms. The summed E-state index contributed by atoms with van der Waals surface area (Å²) in [4.78, 5) is 41.8. The van der Waals surface area contributed by atoms with Gasteiger partial charge < -0.3 is 26.2 Å². The zero-order valence-corrected chi connectivity index (χ0v) is 19.4. The number of carbonyl (C=O) groups excluding carboxylic acids is 3. The Kier molecular flexibility index (Phi) is 8.03. The molecule has 1 fully saturated rings. The number of β-lactam (4-membered cyclic amide) rings is 1. The van der Waals surface area contributed by atoms with Crippen molar-refractivity contribution < 1.29 is 54.3 Å². The molecule has 4 N–H and O–H groups in total. The van der Waals surface area contributed by atoms with E-state index in [1.807, 2.05) is 0 Å². The first-order valence-corrected chi connectivity index (χ1v) is 10.5. The third-order valence-corrected chi connectivity index (χ3v) is 6.96. The molecule has 3 rings (SSSR count). The Morgan fingerprint density at radius 1 is 1.59 bits per heavy atom. The summed E-state index contributed by atoms with van der Waals surface area (Å²) in [7, 11) is 0. The van der Waals surface area contributed by atoms with E-state index in [1.165, 1.54) is 17.1 Å². The van der Waals surface area contributed by atoms with E-state index < -0.39 is 34.9 Å². The topological polar surface area (TPSA) is 161 Å². The molecule has 0 aliphatic carbocycles. The predicted octanol–water partition coefficient (Wildman–Crippen LogP) is -4.36. The molecule has 2 aliphatic rings. The SMILES string of the molecule is C#CCSC1=C(C(=O)[O-])N2C(=O)[C@@H](NC(=O)/C(=N\O)c3csc(N)n3)[C@@H]2SC1.[Na+]. The van der Waals surface area contributed by atoms with Gasteiger partial charge in [0, 0.05) is 16.0 Å². The van der Waals surface area contributed by atoms with Crippen LogP contribution in [0.25, 0.3) is 0 Å². The number of rotatable bonds is 6. The molecular formula is C15H12N5NaO5S3. The number of amides is 2. The maximum atomic E-state index is 12.5. The van der Waals surface area contributed by atoms with Gasteiger partial charge in [-0.05, 0) is 0 Å². The average molecular weight is 461 g/mol. The summed E-state index contributed by atoms with van der Waals surface area (Å²) in [6.45, 7) is 0. The van der Waals surface area contributed by atoms with E-state index in [2.05, 4.69) is 21.4 Å². The zero-order chi connectivity index (χ0) is 20.4. The number of nitrogens with one attached hydrogen (secondary N) is 1. The van der Waals surface area contributed by atoms with Crippen molar-refractivity contribution in [1.82, 2.24) is 15.2 Å². The summed E-state index contributed by atoms with van der Waals surface area (Å²) < 4.78 is 0. The van der Waals surface area contributed by atoms with Crippen molar-refractivity contribution in [2.45, 2.75) is 11.4 Å². The van der Waals surface area contributed by atoms with Crippen molar-refractivity contribution in [3.05, 3.63) is 21.7 Å². The van der Waals surface area contributed by atoms with Crippen molar-refractivity contribution in [2.24, 2.45) is 5.16 Å². The number of thioether (sulfide) groups is 2. The van der Waals surface area contributed by atoms with Crippen molar-refractivity contribution in [3.63, 3.8) is 0 Å². The molecule has 0 unspecified atom stereocenters. The van der Waals surface area contributed by atoms with Crippen LogP contribution in [0, 0.1) is 12.3 Å². The van der Waals surface area contributed by atoms with E-state index in [0.717, 1.165) is 28.0 Å². The normalized spacial score (nSPS) is 20.9. The number of aliphatic carboxylic acids is 1. The number of hydrogen-bond donors (Lipinski definition) is 3. The number of nitrogens with two attached hydrogens (primary N) is 1. The van der Waals surface area contributed by atoms with E-state index in [9.17, 15) is 19.5 Å². The second-order valence-electron chi connectivity index (χ2n) is 5.43. The molecule has 3 heterocycles. The van der Waals surface area contributed by atoms with E-state index >= 15 is 0 Å². The molecule has 1 aromatic heterocycles. The average Bonchev–Trinajstić information content (AvgIpc) is 3.09. The molecule has 1 aromatic rings. The Morgan fingerprint density at radius 3 is 2.86 bits per heavy atom. The van der Waals surface area contributed by atoms with Crippen LogP contribution in [0.1, 0.15) is 5.69 Å². The molecule has 0 saturated carbocycles. The number of nitrogens with zero attached hydrogens (tertiary/aromatic N) is 3. The Balaban J connectivity index is 0.00000300. The van der Waals surface area contributed by atoms with Crippen LogP contribution in [0.5, 0.6) is 0 Å². The fraction of sp³-hybridized carbons (Fsp3) is 0.267. The van der Waals surface area contributed by atoms with E-state index in [0.29, 0.717) is 10.7 Å². The number of hydrogen-bond acceptors (Lipinski definition) is 11. The summed E-state index contributed by atoms with van der Waals surface area (Å²) in [5.74, 6) is 0.0227. The summed E-state index contributed by atoms with van der Waals surface area (Å²) >= 11 is 3.48. The number of carboxylic acids is 1. The first kappa shape index (κ1) is 23.6. The second kappa shape index (κ2) is 9.88. The first-order valence-electron chi connectivity index (χ1n) is 7.58. The first-order chi connectivity index (χ1) is 13.4. The van der Waals surface area contributed by atoms with Gasteiger partial charge in [0.1, 0.15) is 17.1 Å². The minimum absolute atomic E-state index is 0. The summed E-state index contributed by atoms with van der Waals surface area (Å²) in [5.41, 5.74) is 4.93. The summed E-state index contributed by atoms with van der Waals surface area (Å²) in [6, 6.07) is -0.987. The van der Waals surface area contributed by atoms with Crippen molar-refractivity contribution in [2.75, 3.05) is 17.2 Å². The van der Waals surface area contributed by atoms with E-state index in [4.69, 9.17) is 17.4 Å². The molecule has 0 spiro atoms. The molecule has 0 aromatic carbocycles. The number of carbonyl (C=O) groups is 3. The van der Waals surface area contributed by atoms with Gasteiger partial charge in [0.05, 0.1) is 17.4 Å². The maximum Gasteiger partial charge on any atom is 1.00 e. The molecule has 0 radical (unpaired) electrons. The molecule has 29 heavy (non-hydrogen) atoms. The van der Waals surface area contributed by atoms with Crippen LogP contribution >= 0.6 is 34.9 Å². The summed E-state index contributed by atoms with van der Waals surface area (Å²) in [6.07, 6.45) is 5.20. The van der Waals surface area contributed by atoms with E-state index in [1.54, 1.807) is 0 Å². The Bertz CT molecular complexity index is 956. The molecular weight excluding hydrogens is 449 g/mol. The van der Waals surface area contributed by atoms with Crippen molar-refractivity contribution >= 4 is 63.5 Å². The van der Waals surface area contributed by atoms with Crippen LogP contribution in [-0.2, 0) is 14.4 Å². The molecule has 2 atom stereocenters. The third kappa shape index (κ3) is 4.57. The largest absolute Gasteiger partial charge is 1.00 e. The van der Waals surface area contributed by atoms with Gasteiger partial charge in [0.15, 0.2) is 10.8 Å². The van der Waals surface area contributed by atoms with Crippen LogP contribution in [0.15, 0.2) is 21.1 Å². The van der Waals surface area contributed by atoms with Gasteiger partial charge in [-0.3, -0.25) is 14.5 Å². The fourth-order valence-electron chi connectivity index (χ4n) is 2.64. The molecule has 0 bridgehead atoms. The van der Waals surface area contributed by atoms with Gasteiger partial charge in [-0.25, -0.2) is 4.98 Å². The minimum Gasteiger partial charge on any atom is -0.543 e. The number of fused-ring (bicyclic) bond motifs is 1. The Labute approximate surface area is 199 Å². The standard InChI is InChI=1S/C15H13N5O5S3.Na/c1-2-3-26-7-5-27-13-9(12(22)20(13)10(7)14(23)24)18-11(21)8(19-25)6-4-28-15(16)17-6;/h1,4,9,13,25H,3,5H2,(H2,16,17)(H,18,21)(H,23,24);/q;+1/p-1/b19-8-;/t9-,13+;/m1./s1. The van der Waals surface area contributed by atoms with E-state index in [-0.39, 0.29) is 51.8 Å². The number of carboxylic acid groups (broad SMARTS) is 1. The minimum atomic E-state index is -1.49. The molecule has 146 valence electrons. The van der Waals surface area contributed by atoms with Gasteiger partial charge in [-0.1, -0.05) is 11.1 Å². The molecule has 10 nitrogen and oxygen atoms in total. The van der Waals surface area contributed by atoms with Crippen molar-refractivity contribution in [3.8, 4) is 12.3 Å². The number of thiazole rings is 1. The predicted molar refractivity (Wildman–Crippen MR) is 103 cm³/mol.